The fraction of sp³-hybridized carbons (Fsp3) is 0.211. The molecule has 3 aliphatic carbocycles. The van der Waals surface area contributed by atoms with Crippen LogP contribution in [0.4, 0.5) is 0 Å². The largest absolute Gasteiger partial charge is 0.0795 e. The molecule has 0 nitrogen and oxygen atoms in total. The molecule has 0 spiro atoms. The van der Waals surface area contributed by atoms with Gasteiger partial charge < -0.3 is 0 Å². The lowest BCUT2D eigenvalue weighted by atomic mass is 9.81. The molecule has 38 heavy (non-hydrogen) atoms. The number of aryl methyl sites for hydroxylation is 2. The summed E-state index contributed by atoms with van der Waals surface area (Å²) in [7, 11) is 0. The Morgan fingerprint density at radius 3 is 2.50 bits per heavy atom. The van der Waals surface area contributed by atoms with Crippen LogP contribution in [0, 0.1) is 6.92 Å². The van der Waals surface area contributed by atoms with Gasteiger partial charge in [-0.15, -0.1) is 0 Å². The second-order valence-electron chi connectivity index (χ2n) is 11.7. The van der Waals surface area contributed by atoms with Crippen molar-refractivity contribution in [3.8, 4) is 33.4 Å². The summed E-state index contributed by atoms with van der Waals surface area (Å²) in [6.07, 6.45) is 10.5. The zero-order valence-corrected chi connectivity index (χ0v) is 22.3. The first-order valence-electron chi connectivity index (χ1n) is 14.3. The summed E-state index contributed by atoms with van der Waals surface area (Å²) in [4.78, 5) is 0. The van der Waals surface area contributed by atoms with E-state index in [1.165, 1.54) is 91.2 Å². The summed E-state index contributed by atoms with van der Waals surface area (Å²) in [6, 6.07) is 30.5. The van der Waals surface area contributed by atoms with Crippen molar-refractivity contribution in [2.24, 2.45) is 0 Å². The van der Waals surface area contributed by atoms with Gasteiger partial charge >= 0.3 is 0 Å². The molecule has 0 N–H and O–H groups in total. The maximum atomic E-state index is 2.52. The van der Waals surface area contributed by atoms with Crippen molar-refractivity contribution in [2.45, 2.75) is 51.9 Å². The molecular formula is C38H32. The van der Waals surface area contributed by atoms with E-state index in [0.29, 0.717) is 5.92 Å². The van der Waals surface area contributed by atoms with E-state index < -0.39 is 0 Å². The van der Waals surface area contributed by atoms with Gasteiger partial charge in [0.25, 0.3) is 0 Å². The van der Waals surface area contributed by atoms with Crippen molar-refractivity contribution < 1.29 is 0 Å². The van der Waals surface area contributed by atoms with Crippen molar-refractivity contribution in [1.29, 1.82) is 0 Å². The molecule has 0 fully saturated rings. The zero-order chi connectivity index (χ0) is 25.4. The Balaban J connectivity index is 1.43. The first kappa shape index (κ1) is 22.1. The molecule has 0 saturated carbocycles. The van der Waals surface area contributed by atoms with Crippen molar-refractivity contribution in [1.82, 2.24) is 0 Å². The van der Waals surface area contributed by atoms with Gasteiger partial charge in [-0.25, -0.2) is 0 Å². The van der Waals surface area contributed by atoms with Crippen LogP contribution < -0.4 is 0 Å². The molecule has 184 valence electrons. The van der Waals surface area contributed by atoms with Crippen LogP contribution >= 0.6 is 0 Å². The van der Waals surface area contributed by atoms with Crippen LogP contribution in [0.1, 0.15) is 64.6 Å². The Labute approximate surface area is 225 Å². The predicted octanol–water partition coefficient (Wildman–Crippen LogP) is 10.1. The Kier molecular flexibility index (Phi) is 4.83. The summed E-state index contributed by atoms with van der Waals surface area (Å²) < 4.78 is 0. The number of benzene rings is 5. The predicted molar refractivity (Wildman–Crippen MR) is 162 cm³/mol. The van der Waals surface area contributed by atoms with E-state index in [9.17, 15) is 0 Å². The molecule has 1 atom stereocenters. The van der Waals surface area contributed by atoms with E-state index in [2.05, 4.69) is 105 Å². The first-order valence-corrected chi connectivity index (χ1v) is 14.3. The molecule has 0 aromatic heterocycles. The molecule has 0 heteroatoms. The van der Waals surface area contributed by atoms with Gasteiger partial charge in [0.1, 0.15) is 0 Å². The number of fused-ring (bicyclic) bond motifs is 7. The maximum Gasteiger partial charge on any atom is -0.000673 e. The van der Waals surface area contributed by atoms with Gasteiger partial charge in [-0.05, 0) is 128 Å². The van der Waals surface area contributed by atoms with Gasteiger partial charge in [-0.1, -0.05) is 97.9 Å². The lowest BCUT2D eigenvalue weighted by molar-refractivity contribution is 0.590. The number of rotatable bonds is 2. The third-order valence-corrected chi connectivity index (χ3v) is 9.44. The lowest BCUT2D eigenvalue weighted by Crippen LogP contribution is -2.07. The van der Waals surface area contributed by atoms with E-state index >= 15 is 0 Å². The number of hydrogen-bond donors (Lipinski definition) is 0. The van der Waals surface area contributed by atoms with E-state index in [1.54, 1.807) is 11.1 Å². The van der Waals surface area contributed by atoms with Crippen LogP contribution in [0.2, 0.25) is 0 Å². The molecule has 1 unspecified atom stereocenters. The normalized spacial score (nSPS) is 16.8. The standard InChI is InChI=1S/C38H32/c1-23-8-5-9-26-16-17-27(21-35(23)26)31-18-19-34(32-15-7-11-25-10-6-14-30(25)32)38-36(31)22-28-20-24(2)29-12-3-4-13-33(29)37(28)38/h3-4,6-7,11-21,23H,5,8-10,22H2,1-2H3. The highest BCUT2D eigenvalue weighted by Crippen LogP contribution is 2.51. The minimum atomic E-state index is 0.647. The summed E-state index contributed by atoms with van der Waals surface area (Å²) in [5, 5.41) is 2.76. The Morgan fingerprint density at radius 1 is 0.711 bits per heavy atom. The topological polar surface area (TPSA) is 0 Å². The molecule has 0 saturated heterocycles. The molecule has 0 heterocycles. The van der Waals surface area contributed by atoms with Crippen LogP contribution in [0.25, 0.3) is 50.2 Å². The second kappa shape index (κ2) is 8.30. The van der Waals surface area contributed by atoms with Gasteiger partial charge in [0, 0.05) is 0 Å². The smallest absolute Gasteiger partial charge is 0.000673 e. The van der Waals surface area contributed by atoms with Crippen LogP contribution in [-0.4, -0.2) is 0 Å². The van der Waals surface area contributed by atoms with Gasteiger partial charge in [-0.3, -0.25) is 0 Å². The lowest BCUT2D eigenvalue weighted by Gasteiger charge is -2.24. The van der Waals surface area contributed by atoms with E-state index in [-0.39, 0.29) is 0 Å². The van der Waals surface area contributed by atoms with Crippen molar-refractivity contribution in [3.05, 3.63) is 124 Å². The van der Waals surface area contributed by atoms with Crippen molar-refractivity contribution >= 4 is 16.8 Å². The van der Waals surface area contributed by atoms with Crippen LogP contribution in [-0.2, 0) is 19.3 Å². The average molecular weight is 489 g/mol. The molecule has 0 bridgehead atoms. The molecular weight excluding hydrogens is 456 g/mol. The Bertz CT molecular complexity index is 1810. The Morgan fingerprint density at radius 2 is 1.58 bits per heavy atom. The first-order chi connectivity index (χ1) is 18.7. The fourth-order valence-electron chi connectivity index (χ4n) is 7.60. The van der Waals surface area contributed by atoms with Gasteiger partial charge in [0.15, 0.2) is 0 Å². The number of hydrogen-bond acceptors (Lipinski definition) is 0. The third-order valence-electron chi connectivity index (χ3n) is 9.44. The van der Waals surface area contributed by atoms with Gasteiger partial charge in [0.2, 0.25) is 0 Å². The third kappa shape index (κ3) is 3.16. The number of allylic oxidation sites excluding steroid dienone is 1. The van der Waals surface area contributed by atoms with Crippen LogP contribution in [0.3, 0.4) is 0 Å². The maximum absolute atomic E-state index is 2.52. The van der Waals surface area contributed by atoms with Crippen LogP contribution in [0.15, 0.2) is 84.9 Å². The fourth-order valence-corrected chi connectivity index (χ4v) is 7.60. The van der Waals surface area contributed by atoms with Gasteiger partial charge in [0.05, 0.1) is 0 Å². The molecule has 0 amide bonds. The highest BCUT2D eigenvalue weighted by molar-refractivity contribution is 6.08. The highest BCUT2D eigenvalue weighted by atomic mass is 14.3. The highest BCUT2D eigenvalue weighted by Gasteiger charge is 2.29. The summed E-state index contributed by atoms with van der Waals surface area (Å²) >= 11 is 0. The van der Waals surface area contributed by atoms with Gasteiger partial charge in [-0.2, -0.15) is 0 Å². The summed E-state index contributed by atoms with van der Waals surface area (Å²) in [6.45, 7) is 4.68. The molecule has 8 rings (SSSR count). The van der Waals surface area contributed by atoms with Crippen molar-refractivity contribution in [2.75, 3.05) is 0 Å². The second-order valence-corrected chi connectivity index (χ2v) is 11.7. The monoisotopic (exact) mass is 488 g/mol. The minimum Gasteiger partial charge on any atom is -0.0795 e. The summed E-state index contributed by atoms with van der Waals surface area (Å²) in [5.41, 5.74) is 18.7. The van der Waals surface area contributed by atoms with E-state index in [1.807, 2.05) is 0 Å². The van der Waals surface area contributed by atoms with Crippen LogP contribution in [0.5, 0.6) is 0 Å². The molecule has 0 aliphatic heterocycles. The molecule has 3 aliphatic rings. The molecule has 5 aromatic carbocycles. The SMILES string of the molecule is Cc1cc2c(c3ccccc13)-c1c(-c3cccc4c3C=CC4)ccc(-c3ccc4c(c3)C(C)CCC4)c1C2. The zero-order valence-electron chi connectivity index (χ0n) is 22.3. The van der Waals surface area contributed by atoms with E-state index in [4.69, 9.17) is 0 Å². The molecule has 5 aromatic rings. The van der Waals surface area contributed by atoms with E-state index in [0.717, 1.165) is 12.8 Å². The molecule has 0 radical (unpaired) electrons. The average Bonchev–Trinajstić information content (AvgIpc) is 3.58. The minimum absolute atomic E-state index is 0.647. The van der Waals surface area contributed by atoms with Crippen molar-refractivity contribution in [3.63, 3.8) is 0 Å². The summed E-state index contributed by atoms with van der Waals surface area (Å²) in [5.74, 6) is 0.647. The Hall–Kier alpha value is -3.90. The quantitative estimate of drug-likeness (QED) is 0.227.